The van der Waals surface area contributed by atoms with E-state index in [4.69, 9.17) is 4.74 Å². The molecule has 1 amide bonds. The van der Waals surface area contributed by atoms with Crippen molar-refractivity contribution in [1.82, 2.24) is 15.3 Å². The van der Waals surface area contributed by atoms with E-state index in [2.05, 4.69) is 20.6 Å². The van der Waals surface area contributed by atoms with E-state index in [9.17, 15) is 18.0 Å². The Labute approximate surface area is 163 Å². The summed E-state index contributed by atoms with van der Waals surface area (Å²) in [6.45, 7) is 1.37. The summed E-state index contributed by atoms with van der Waals surface area (Å²) in [6, 6.07) is 6.79. The molecule has 0 atom stereocenters. The van der Waals surface area contributed by atoms with Gasteiger partial charge in [0.05, 0.1) is 11.8 Å². The highest BCUT2D eigenvalue weighted by Gasteiger charge is 2.22. The highest BCUT2D eigenvalue weighted by atomic mass is 19.1. The van der Waals surface area contributed by atoms with Gasteiger partial charge in [-0.1, -0.05) is 6.07 Å². The van der Waals surface area contributed by atoms with E-state index in [1.807, 2.05) is 0 Å². The molecule has 2 aromatic heterocycles. The largest absolute Gasteiger partial charge is 0.485 e. The van der Waals surface area contributed by atoms with Crippen molar-refractivity contribution in [2.45, 2.75) is 6.10 Å². The number of carbonyl (C=O) groups is 1. The lowest BCUT2D eigenvalue weighted by atomic mass is 10.1. The molecule has 3 aromatic rings. The van der Waals surface area contributed by atoms with Crippen molar-refractivity contribution >= 4 is 11.6 Å². The fourth-order valence-electron chi connectivity index (χ4n) is 2.76. The van der Waals surface area contributed by atoms with Crippen LogP contribution in [0.15, 0.2) is 48.8 Å². The molecule has 9 heteroatoms. The Hall–Kier alpha value is -3.46. The third-order valence-corrected chi connectivity index (χ3v) is 4.35. The Morgan fingerprint density at radius 1 is 1.07 bits per heavy atom. The monoisotopic (exact) mass is 400 g/mol. The Balaban J connectivity index is 1.62. The number of anilines is 1. The van der Waals surface area contributed by atoms with Gasteiger partial charge < -0.3 is 15.4 Å². The number of hydrogen-bond acceptors (Lipinski definition) is 5. The fraction of sp³-hybridized carbons (Fsp3) is 0.150. The van der Waals surface area contributed by atoms with Crippen molar-refractivity contribution in [3.63, 3.8) is 0 Å². The predicted molar refractivity (Wildman–Crippen MR) is 99.0 cm³/mol. The molecule has 2 N–H and O–H groups in total. The van der Waals surface area contributed by atoms with E-state index >= 15 is 0 Å². The quantitative estimate of drug-likeness (QED) is 0.688. The first-order chi connectivity index (χ1) is 14.0. The highest BCUT2D eigenvalue weighted by Crippen LogP contribution is 2.28. The molecule has 148 valence electrons. The smallest absolute Gasteiger partial charge is 0.274 e. The van der Waals surface area contributed by atoms with Gasteiger partial charge in [0, 0.05) is 25.4 Å². The van der Waals surface area contributed by atoms with E-state index in [-0.39, 0.29) is 11.8 Å². The third kappa shape index (κ3) is 3.90. The zero-order valence-electron chi connectivity index (χ0n) is 15.0. The van der Waals surface area contributed by atoms with Gasteiger partial charge in [-0.15, -0.1) is 0 Å². The van der Waals surface area contributed by atoms with Gasteiger partial charge in [0.25, 0.3) is 5.91 Å². The van der Waals surface area contributed by atoms with Crippen molar-refractivity contribution in [1.29, 1.82) is 0 Å². The lowest BCUT2D eigenvalue weighted by Crippen LogP contribution is -2.50. The summed E-state index contributed by atoms with van der Waals surface area (Å²) in [5.74, 6) is -3.19. The summed E-state index contributed by atoms with van der Waals surface area (Å²) in [4.78, 5) is 20.4. The normalized spacial score (nSPS) is 13.6. The van der Waals surface area contributed by atoms with Crippen LogP contribution in [0.3, 0.4) is 0 Å². The molecule has 1 aliphatic heterocycles. The van der Waals surface area contributed by atoms with E-state index in [1.54, 1.807) is 6.07 Å². The molecule has 0 spiro atoms. The Morgan fingerprint density at radius 3 is 2.52 bits per heavy atom. The lowest BCUT2D eigenvalue weighted by Gasteiger charge is -2.28. The van der Waals surface area contributed by atoms with Gasteiger partial charge in [0.2, 0.25) is 0 Å². The van der Waals surface area contributed by atoms with E-state index < -0.39 is 34.6 Å². The average Bonchev–Trinajstić information content (AvgIpc) is 2.67. The van der Waals surface area contributed by atoms with Gasteiger partial charge in [-0.2, -0.15) is 0 Å². The molecule has 3 heterocycles. The zero-order valence-corrected chi connectivity index (χ0v) is 15.0. The maximum absolute atomic E-state index is 14.2. The molecule has 1 saturated heterocycles. The molecule has 29 heavy (non-hydrogen) atoms. The molecular weight excluding hydrogens is 385 g/mol. The van der Waals surface area contributed by atoms with Crippen LogP contribution in [0.4, 0.5) is 18.9 Å². The van der Waals surface area contributed by atoms with Crippen LogP contribution in [-0.2, 0) is 0 Å². The highest BCUT2D eigenvalue weighted by molar-refractivity contribution is 6.03. The van der Waals surface area contributed by atoms with E-state index in [0.29, 0.717) is 24.5 Å². The van der Waals surface area contributed by atoms with Gasteiger partial charge in [0.15, 0.2) is 0 Å². The second kappa shape index (κ2) is 7.88. The summed E-state index contributed by atoms with van der Waals surface area (Å²) in [5.41, 5.74) is -1.14. The number of aromatic nitrogens is 2. The van der Waals surface area contributed by atoms with E-state index in [0.717, 1.165) is 30.3 Å². The fourth-order valence-corrected chi connectivity index (χ4v) is 2.76. The van der Waals surface area contributed by atoms with Gasteiger partial charge in [-0.05, 0) is 24.3 Å². The maximum atomic E-state index is 14.2. The summed E-state index contributed by atoms with van der Waals surface area (Å²) in [5, 5.41) is 5.66. The second-order valence-corrected chi connectivity index (χ2v) is 6.35. The van der Waals surface area contributed by atoms with Crippen molar-refractivity contribution < 1.29 is 22.7 Å². The Kier molecular flexibility index (Phi) is 5.13. The molecule has 4 rings (SSSR count). The van der Waals surface area contributed by atoms with Crippen LogP contribution < -0.4 is 15.4 Å². The van der Waals surface area contributed by atoms with Gasteiger partial charge >= 0.3 is 0 Å². The summed E-state index contributed by atoms with van der Waals surface area (Å²) < 4.78 is 48.0. The van der Waals surface area contributed by atoms with Gasteiger partial charge in [0.1, 0.15) is 46.4 Å². The molecule has 1 aliphatic rings. The number of ether oxygens (including phenoxy) is 1. The second-order valence-electron chi connectivity index (χ2n) is 6.35. The molecule has 0 bridgehead atoms. The van der Waals surface area contributed by atoms with Crippen LogP contribution in [0.2, 0.25) is 0 Å². The molecule has 0 radical (unpaired) electrons. The molecule has 1 aromatic carbocycles. The van der Waals surface area contributed by atoms with Gasteiger partial charge in [-0.25, -0.2) is 18.2 Å². The van der Waals surface area contributed by atoms with Gasteiger partial charge in [-0.3, -0.25) is 9.78 Å². The van der Waals surface area contributed by atoms with Crippen LogP contribution in [0.25, 0.3) is 11.3 Å². The van der Waals surface area contributed by atoms with Crippen LogP contribution in [0.1, 0.15) is 10.5 Å². The third-order valence-electron chi connectivity index (χ3n) is 4.35. The Bertz CT molecular complexity index is 1050. The number of nitrogens with one attached hydrogen (secondary N) is 2. The molecule has 6 nitrogen and oxygen atoms in total. The predicted octanol–water partition coefficient (Wildman–Crippen LogP) is 3.16. The van der Waals surface area contributed by atoms with Crippen LogP contribution in [-0.4, -0.2) is 35.1 Å². The number of benzene rings is 1. The van der Waals surface area contributed by atoms with Crippen LogP contribution >= 0.6 is 0 Å². The number of pyridine rings is 2. The zero-order chi connectivity index (χ0) is 20.4. The lowest BCUT2D eigenvalue weighted by molar-refractivity contribution is 0.102. The van der Waals surface area contributed by atoms with Crippen LogP contribution in [0.5, 0.6) is 5.75 Å². The minimum Gasteiger partial charge on any atom is -0.485 e. The minimum atomic E-state index is -0.981. The molecule has 1 fully saturated rings. The number of carbonyl (C=O) groups excluding carboxylic acids is 1. The standard InChI is InChI=1S/C20H15F3N4O2/c21-12-2-1-3-13(22)18(12)19-14(23)4-5-15(26-19)20(28)27-16-10-24-7-6-17(16)29-11-8-25-9-11/h1-7,10-11,25H,8-9H2,(H,27,28). The van der Waals surface area contributed by atoms with Crippen molar-refractivity contribution in [3.05, 3.63) is 71.9 Å². The molecule has 0 saturated carbocycles. The van der Waals surface area contributed by atoms with Crippen LogP contribution in [0, 0.1) is 17.5 Å². The van der Waals surface area contributed by atoms with Crippen molar-refractivity contribution in [2.75, 3.05) is 18.4 Å². The average molecular weight is 400 g/mol. The maximum Gasteiger partial charge on any atom is 0.274 e. The summed E-state index contributed by atoms with van der Waals surface area (Å²) in [6.07, 6.45) is 2.90. The Morgan fingerprint density at radius 2 is 1.83 bits per heavy atom. The number of amides is 1. The van der Waals surface area contributed by atoms with Crippen molar-refractivity contribution in [2.24, 2.45) is 0 Å². The molecular formula is C20H15F3N4O2. The first-order valence-electron chi connectivity index (χ1n) is 8.76. The first-order valence-corrected chi connectivity index (χ1v) is 8.76. The minimum absolute atomic E-state index is 0.0207. The molecule has 0 unspecified atom stereocenters. The summed E-state index contributed by atoms with van der Waals surface area (Å²) >= 11 is 0. The number of nitrogens with zero attached hydrogens (tertiary/aromatic N) is 2. The number of rotatable bonds is 5. The number of hydrogen-bond donors (Lipinski definition) is 2. The van der Waals surface area contributed by atoms with Crippen molar-refractivity contribution in [3.8, 4) is 17.0 Å². The topological polar surface area (TPSA) is 76.1 Å². The number of halogens is 3. The van der Waals surface area contributed by atoms with E-state index in [1.165, 1.54) is 12.4 Å². The summed E-state index contributed by atoms with van der Waals surface area (Å²) in [7, 11) is 0. The first kappa shape index (κ1) is 18.9. The SMILES string of the molecule is O=C(Nc1cnccc1OC1CNC1)c1ccc(F)c(-c2c(F)cccc2F)n1. The molecule has 0 aliphatic carbocycles.